The van der Waals surface area contributed by atoms with Gasteiger partial charge in [0.05, 0.1) is 5.56 Å². The van der Waals surface area contributed by atoms with E-state index in [9.17, 15) is 8.78 Å². The number of hydrogen-bond donors (Lipinski definition) is 1. The van der Waals surface area contributed by atoms with E-state index in [1.54, 1.807) is 18.2 Å². The van der Waals surface area contributed by atoms with E-state index in [-0.39, 0.29) is 11.4 Å². The van der Waals surface area contributed by atoms with Crippen molar-refractivity contribution >= 4 is 28.3 Å². The summed E-state index contributed by atoms with van der Waals surface area (Å²) in [5.74, 6) is -0.814. The van der Waals surface area contributed by atoms with Crippen molar-refractivity contribution in [1.29, 1.82) is 5.26 Å². The van der Waals surface area contributed by atoms with Crippen LogP contribution in [0.2, 0.25) is 0 Å². The second kappa shape index (κ2) is 5.97. The van der Waals surface area contributed by atoms with Gasteiger partial charge in [-0.05, 0) is 58.5 Å². The van der Waals surface area contributed by atoms with Crippen LogP contribution in [0.4, 0.5) is 14.5 Å². The van der Waals surface area contributed by atoms with Crippen molar-refractivity contribution in [3.05, 3.63) is 62.7 Å². The smallest absolute Gasteiger partial charge is 0.140 e. The van der Waals surface area contributed by atoms with Crippen LogP contribution in [0.15, 0.2) is 36.4 Å². The van der Waals surface area contributed by atoms with E-state index in [4.69, 9.17) is 5.26 Å². The fourth-order valence-electron chi connectivity index (χ4n) is 1.60. The molecular weight excluding hydrogens is 361 g/mol. The normalized spacial score (nSPS) is 10.0. The van der Waals surface area contributed by atoms with E-state index >= 15 is 0 Å². The van der Waals surface area contributed by atoms with Gasteiger partial charge in [0.2, 0.25) is 0 Å². The molecule has 2 aromatic carbocycles. The first-order valence-electron chi connectivity index (χ1n) is 5.47. The topological polar surface area (TPSA) is 35.8 Å². The molecule has 0 aliphatic carbocycles. The fourth-order valence-corrected chi connectivity index (χ4v) is 2.27. The van der Waals surface area contributed by atoms with Crippen LogP contribution in [0, 0.1) is 26.5 Å². The third kappa shape index (κ3) is 3.41. The SMILES string of the molecule is N#Cc1cc(CNc2ccc(F)cc2I)ccc1F. The minimum atomic E-state index is -0.525. The highest BCUT2D eigenvalue weighted by molar-refractivity contribution is 14.1. The molecular formula is C14H9F2IN2. The molecule has 0 saturated heterocycles. The third-order valence-electron chi connectivity index (χ3n) is 2.57. The van der Waals surface area contributed by atoms with Crippen molar-refractivity contribution in [2.75, 3.05) is 5.32 Å². The highest BCUT2D eigenvalue weighted by Gasteiger charge is 2.04. The van der Waals surface area contributed by atoms with Gasteiger partial charge in [-0.1, -0.05) is 6.07 Å². The largest absolute Gasteiger partial charge is 0.380 e. The Morgan fingerprint density at radius 1 is 1.16 bits per heavy atom. The first-order chi connectivity index (χ1) is 9.10. The van der Waals surface area contributed by atoms with Crippen molar-refractivity contribution < 1.29 is 8.78 Å². The summed E-state index contributed by atoms with van der Waals surface area (Å²) in [5, 5.41) is 11.9. The van der Waals surface area contributed by atoms with Gasteiger partial charge in [0.25, 0.3) is 0 Å². The van der Waals surface area contributed by atoms with Crippen LogP contribution >= 0.6 is 22.6 Å². The van der Waals surface area contributed by atoms with Gasteiger partial charge < -0.3 is 5.32 Å². The molecule has 0 spiro atoms. The predicted octanol–water partition coefficient (Wildman–Crippen LogP) is 4.05. The van der Waals surface area contributed by atoms with Gasteiger partial charge in [-0.25, -0.2) is 8.78 Å². The highest BCUT2D eigenvalue weighted by Crippen LogP contribution is 2.20. The second-order valence-corrected chi connectivity index (χ2v) is 5.07. The zero-order valence-electron chi connectivity index (χ0n) is 9.75. The van der Waals surface area contributed by atoms with Gasteiger partial charge in [0.15, 0.2) is 0 Å². The molecule has 2 nitrogen and oxygen atoms in total. The van der Waals surface area contributed by atoms with E-state index in [0.717, 1.165) is 14.8 Å². The van der Waals surface area contributed by atoms with E-state index in [1.807, 2.05) is 22.6 Å². The Balaban J connectivity index is 2.13. The van der Waals surface area contributed by atoms with Crippen molar-refractivity contribution in [2.45, 2.75) is 6.54 Å². The molecule has 0 aliphatic rings. The molecule has 19 heavy (non-hydrogen) atoms. The van der Waals surface area contributed by atoms with Gasteiger partial charge >= 0.3 is 0 Å². The van der Waals surface area contributed by atoms with Crippen molar-refractivity contribution in [3.8, 4) is 6.07 Å². The molecule has 2 aromatic rings. The number of anilines is 1. The lowest BCUT2D eigenvalue weighted by atomic mass is 10.1. The molecule has 0 saturated carbocycles. The van der Waals surface area contributed by atoms with Crippen LogP contribution in [0.25, 0.3) is 0 Å². The van der Waals surface area contributed by atoms with E-state index in [2.05, 4.69) is 5.32 Å². The summed E-state index contributed by atoms with van der Waals surface area (Å²) < 4.78 is 26.9. The van der Waals surface area contributed by atoms with Crippen LogP contribution in [0.3, 0.4) is 0 Å². The second-order valence-electron chi connectivity index (χ2n) is 3.90. The number of nitriles is 1. The van der Waals surface area contributed by atoms with Crippen molar-refractivity contribution in [3.63, 3.8) is 0 Å². The zero-order chi connectivity index (χ0) is 13.8. The highest BCUT2D eigenvalue weighted by atomic mass is 127. The third-order valence-corrected chi connectivity index (χ3v) is 3.46. The summed E-state index contributed by atoms with van der Waals surface area (Å²) in [7, 11) is 0. The number of nitrogens with zero attached hydrogens (tertiary/aromatic N) is 1. The Bertz CT molecular complexity index is 650. The summed E-state index contributed by atoms with van der Waals surface area (Å²) in [6.45, 7) is 0.441. The average Bonchev–Trinajstić information content (AvgIpc) is 2.39. The Labute approximate surface area is 123 Å². The first kappa shape index (κ1) is 13.7. The minimum absolute atomic E-state index is 0.0214. The first-order valence-corrected chi connectivity index (χ1v) is 6.55. The van der Waals surface area contributed by atoms with Crippen LogP contribution in [0.1, 0.15) is 11.1 Å². The van der Waals surface area contributed by atoms with E-state index in [1.165, 1.54) is 24.3 Å². The lowest BCUT2D eigenvalue weighted by Crippen LogP contribution is -2.02. The standard InChI is InChI=1S/C14H9F2IN2/c15-11-2-4-14(13(17)6-11)19-8-9-1-3-12(16)10(5-9)7-18/h1-6,19H,8H2. The summed E-state index contributed by atoms with van der Waals surface area (Å²) in [6, 6.07) is 10.6. The molecule has 0 aliphatic heterocycles. The molecule has 2 rings (SSSR count). The molecule has 5 heteroatoms. The van der Waals surface area contributed by atoms with Crippen LogP contribution in [-0.2, 0) is 6.54 Å². The van der Waals surface area contributed by atoms with Gasteiger partial charge in [0, 0.05) is 15.8 Å². The lowest BCUT2D eigenvalue weighted by molar-refractivity contribution is 0.623. The maximum atomic E-state index is 13.2. The average molecular weight is 370 g/mol. The summed E-state index contributed by atoms with van der Waals surface area (Å²) in [5.41, 5.74) is 1.61. The molecule has 0 atom stereocenters. The molecule has 96 valence electrons. The molecule has 1 N–H and O–H groups in total. The predicted molar refractivity (Wildman–Crippen MR) is 77.6 cm³/mol. The molecule has 0 unspecified atom stereocenters. The molecule has 0 bridgehead atoms. The fraction of sp³-hybridized carbons (Fsp3) is 0.0714. The van der Waals surface area contributed by atoms with Gasteiger partial charge in [-0.15, -0.1) is 0 Å². The molecule has 0 heterocycles. The number of rotatable bonds is 3. The number of nitrogens with one attached hydrogen (secondary N) is 1. The maximum absolute atomic E-state index is 13.2. The van der Waals surface area contributed by atoms with Crippen molar-refractivity contribution in [1.82, 2.24) is 0 Å². The lowest BCUT2D eigenvalue weighted by Gasteiger charge is -2.09. The Morgan fingerprint density at radius 2 is 1.95 bits per heavy atom. The monoisotopic (exact) mass is 370 g/mol. The van der Waals surface area contributed by atoms with Crippen LogP contribution in [-0.4, -0.2) is 0 Å². The zero-order valence-corrected chi connectivity index (χ0v) is 11.9. The van der Waals surface area contributed by atoms with Crippen LogP contribution < -0.4 is 5.32 Å². The number of benzene rings is 2. The van der Waals surface area contributed by atoms with Crippen molar-refractivity contribution in [2.24, 2.45) is 0 Å². The molecule has 0 fully saturated rings. The van der Waals surface area contributed by atoms with Crippen LogP contribution in [0.5, 0.6) is 0 Å². The Kier molecular flexibility index (Phi) is 4.32. The molecule has 0 amide bonds. The molecule has 0 aromatic heterocycles. The summed E-state index contributed by atoms with van der Waals surface area (Å²) in [6.07, 6.45) is 0. The van der Waals surface area contributed by atoms with E-state index < -0.39 is 5.82 Å². The molecule has 0 radical (unpaired) electrons. The number of halogens is 3. The van der Waals surface area contributed by atoms with E-state index in [0.29, 0.717) is 6.54 Å². The maximum Gasteiger partial charge on any atom is 0.140 e. The minimum Gasteiger partial charge on any atom is -0.380 e. The quantitative estimate of drug-likeness (QED) is 0.828. The Morgan fingerprint density at radius 3 is 2.63 bits per heavy atom. The summed E-state index contributed by atoms with van der Waals surface area (Å²) >= 11 is 2.03. The van der Waals surface area contributed by atoms with Gasteiger partial charge in [0.1, 0.15) is 17.7 Å². The number of hydrogen-bond acceptors (Lipinski definition) is 2. The van der Waals surface area contributed by atoms with Gasteiger partial charge in [-0.3, -0.25) is 0 Å². The Hall–Kier alpha value is -1.68. The van der Waals surface area contributed by atoms with Gasteiger partial charge in [-0.2, -0.15) is 5.26 Å². The summed E-state index contributed by atoms with van der Waals surface area (Å²) in [4.78, 5) is 0.